The Kier molecular flexibility index (Phi) is 4.95. The van der Waals surface area contributed by atoms with Crippen LogP contribution in [0.3, 0.4) is 0 Å². The monoisotopic (exact) mass is 412 g/mol. The van der Waals surface area contributed by atoms with Gasteiger partial charge < -0.3 is 9.42 Å². The highest BCUT2D eigenvalue weighted by Gasteiger charge is 2.41. The van der Waals surface area contributed by atoms with Gasteiger partial charge >= 0.3 is 0 Å². The molecule has 0 aliphatic carbocycles. The zero-order valence-corrected chi connectivity index (χ0v) is 16.9. The maximum absolute atomic E-state index is 13.2. The summed E-state index contributed by atoms with van der Waals surface area (Å²) in [6, 6.07) is 9.44. The Hall–Kier alpha value is -3.94. The van der Waals surface area contributed by atoms with Crippen LogP contribution in [0.25, 0.3) is 11.4 Å². The van der Waals surface area contributed by atoms with E-state index in [1.807, 2.05) is 48.4 Å². The first-order chi connectivity index (χ1) is 15.2. The van der Waals surface area contributed by atoms with Gasteiger partial charge in [0.25, 0.3) is 5.91 Å². The molecule has 4 aromatic rings. The van der Waals surface area contributed by atoms with Crippen LogP contribution in [0.1, 0.15) is 39.2 Å². The number of likely N-dealkylation sites (tertiary alicyclic amines) is 1. The van der Waals surface area contributed by atoms with Crippen LogP contribution in [-0.2, 0) is 0 Å². The number of amides is 1. The predicted molar refractivity (Wildman–Crippen MR) is 112 cm³/mol. The van der Waals surface area contributed by atoms with Gasteiger partial charge in [0.05, 0.1) is 11.5 Å². The zero-order chi connectivity index (χ0) is 21.2. The first-order valence-electron chi connectivity index (χ1n) is 10.0. The quantitative estimate of drug-likeness (QED) is 0.507. The number of pyridine rings is 3. The molecule has 2 atom stereocenters. The molecular weight excluding hydrogens is 392 g/mol. The minimum Gasteiger partial charge on any atom is -0.339 e. The Balaban J connectivity index is 1.48. The molecule has 1 fully saturated rings. The van der Waals surface area contributed by atoms with Crippen LogP contribution in [0.15, 0.2) is 72.0 Å². The Morgan fingerprint density at radius 1 is 0.968 bits per heavy atom. The Labute approximate surface area is 179 Å². The Morgan fingerprint density at radius 3 is 2.52 bits per heavy atom. The molecule has 154 valence electrons. The van der Waals surface area contributed by atoms with E-state index >= 15 is 0 Å². The third-order valence-corrected chi connectivity index (χ3v) is 5.69. The Morgan fingerprint density at radius 2 is 1.74 bits per heavy atom. The third kappa shape index (κ3) is 3.68. The molecule has 0 aromatic carbocycles. The number of nitrogens with zero attached hydrogens (tertiary/aromatic N) is 6. The predicted octanol–water partition coefficient (Wildman–Crippen LogP) is 3.25. The second-order valence-electron chi connectivity index (χ2n) is 7.59. The molecule has 5 rings (SSSR count). The van der Waals surface area contributed by atoms with Crippen LogP contribution in [0, 0.1) is 6.92 Å². The van der Waals surface area contributed by atoms with E-state index in [1.54, 1.807) is 31.0 Å². The molecule has 1 aliphatic rings. The molecule has 0 bridgehead atoms. The van der Waals surface area contributed by atoms with Crippen LogP contribution in [0.2, 0.25) is 0 Å². The second-order valence-corrected chi connectivity index (χ2v) is 7.59. The van der Waals surface area contributed by atoms with Gasteiger partial charge in [0.15, 0.2) is 0 Å². The molecule has 0 radical (unpaired) electrons. The molecule has 1 amide bonds. The molecule has 5 heterocycles. The fourth-order valence-corrected chi connectivity index (χ4v) is 4.02. The second kappa shape index (κ2) is 8.06. The van der Waals surface area contributed by atoms with E-state index in [0.29, 0.717) is 30.4 Å². The van der Waals surface area contributed by atoms with E-state index in [1.165, 1.54) is 0 Å². The van der Waals surface area contributed by atoms with E-state index in [2.05, 4.69) is 25.1 Å². The summed E-state index contributed by atoms with van der Waals surface area (Å²) in [5, 5.41) is 4.16. The zero-order valence-electron chi connectivity index (χ0n) is 16.9. The topological polar surface area (TPSA) is 97.9 Å². The van der Waals surface area contributed by atoms with Crippen LogP contribution in [0.4, 0.5) is 0 Å². The smallest absolute Gasteiger partial charge is 0.255 e. The third-order valence-electron chi connectivity index (χ3n) is 5.69. The Bertz CT molecular complexity index is 1190. The summed E-state index contributed by atoms with van der Waals surface area (Å²) in [7, 11) is 0. The maximum Gasteiger partial charge on any atom is 0.255 e. The summed E-state index contributed by atoms with van der Waals surface area (Å²) in [6.45, 7) is 2.93. The van der Waals surface area contributed by atoms with Crippen LogP contribution in [0.5, 0.6) is 0 Å². The molecule has 0 unspecified atom stereocenters. The molecule has 0 saturated carbocycles. The molecule has 8 nitrogen and oxygen atoms in total. The first kappa shape index (κ1) is 19.0. The van der Waals surface area contributed by atoms with Crippen LogP contribution >= 0.6 is 0 Å². The molecule has 4 aromatic heterocycles. The van der Waals surface area contributed by atoms with Gasteiger partial charge in [-0.1, -0.05) is 11.2 Å². The average Bonchev–Trinajstić information content (AvgIpc) is 3.48. The molecule has 1 saturated heterocycles. The SMILES string of the molecule is Cc1ccncc1C(=O)N1C[C@@H](c2cccnc2)[C@H](c2nc(-c3ccncc3)no2)C1. The summed E-state index contributed by atoms with van der Waals surface area (Å²) in [5.41, 5.74) is 3.38. The van der Waals surface area contributed by atoms with Gasteiger partial charge in [-0.2, -0.15) is 4.98 Å². The van der Waals surface area contributed by atoms with Gasteiger partial charge in [0.2, 0.25) is 11.7 Å². The van der Waals surface area contributed by atoms with Crippen LogP contribution < -0.4 is 0 Å². The number of hydrogen-bond donors (Lipinski definition) is 0. The molecule has 31 heavy (non-hydrogen) atoms. The first-order valence-corrected chi connectivity index (χ1v) is 10.0. The van der Waals surface area contributed by atoms with Gasteiger partial charge in [-0.05, 0) is 42.3 Å². The van der Waals surface area contributed by atoms with Crippen molar-refractivity contribution in [2.45, 2.75) is 18.8 Å². The van der Waals surface area contributed by atoms with E-state index in [0.717, 1.165) is 16.7 Å². The lowest BCUT2D eigenvalue weighted by molar-refractivity contribution is 0.0787. The highest BCUT2D eigenvalue weighted by molar-refractivity contribution is 5.95. The minimum atomic E-state index is -0.131. The van der Waals surface area contributed by atoms with Crippen molar-refractivity contribution in [3.8, 4) is 11.4 Å². The molecular formula is C23H20N6O2. The molecule has 0 N–H and O–H groups in total. The fraction of sp³-hybridized carbons (Fsp3) is 0.217. The number of aryl methyl sites for hydroxylation is 1. The highest BCUT2D eigenvalue weighted by atomic mass is 16.5. The number of aromatic nitrogens is 5. The van der Waals surface area contributed by atoms with Crippen molar-refractivity contribution in [2.75, 3.05) is 13.1 Å². The van der Waals surface area contributed by atoms with Gasteiger partial charge in [-0.3, -0.25) is 19.7 Å². The highest BCUT2D eigenvalue weighted by Crippen LogP contribution is 2.40. The molecule has 1 aliphatic heterocycles. The largest absolute Gasteiger partial charge is 0.339 e. The normalized spacial score (nSPS) is 18.3. The fourth-order valence-electron chi connectivity index (χ4n) is 4.02. The standard InChI is InChI=1S/C23H20N6O2/c1-15-4-8-26-12-18(15)23(30)29-13-19(17-3-2-7-25-11-17)20(14-29)22-27-21(28-31-22)16-5-9-24-10-6-16/h2-12,19-20H,13-14H2,1H3/t19-,20+/m0/s1. The van der Waals surface area contributed by atoms with Crippen LogP contribution in [-0.4, -0.2) is 49.0 Å². The average molecular weight is 412 g/mol. The minimum absolute atomic E-state index is 0.000340. The van der Waals surface area contributed by atoms with Crippen molar-refractivity contribution in [1.29, 1.82) is 0 Å². The summed E-state index contributed by atoms with van der Waals surface area (Å²) >= 11 is 0. The van der Waals surface area contributed by atoms with Crippen molar-refractivity contribution < 1.29 is 9.32 Å². The van der Waals surface area contributed by atoms with Gasteiger partial charge in [-0.25, -0.2) is 0 Å². The number of carbonyl (C=O) groups excluding carboxylic acids is 1. The summed E-state index contributed by atoms with van der Waals surface area (Å²) in [6.07, 6.45) is 10.3. The van der Waals surface area contributed by atoms with Gasteiger partial charge in [0.1, 0.15) is 0 Å². The lowest BCUT2D eigenvalue weighted by Crippen LogP contribution is -2.29. The summed E-state index contributed by atoms with van der Waals surface area (Å²) < 4.78 is 5.66. The number of carbonyl (C=O) groups is 1. The molecule has 8 heteroatoms. The van der Waals surface area contributed by atoms with Crippen molar-refractivity contribution in [3.63, 3.8) is 0 Å². The van der Waals surface area contributed by atoms with Gasteiger partial charge in [-0.15, -0.1) is 0 Å². The van der Waals surface area contributed by atoms with E-state index < -0.39 is 0 Å². The number of rotatable bonds is 4. The van der Waals surface area contributed by atoms with Crippen molar-refractivity contribution >= 4 is 5.91 Å². The summed E-state index contributed by atoms with van der Waals surface area (Å²) in [5.74, 6) is 0.846. The van der Waals surface area contributed by atoms with Crippen molar-refractivity contribution in [2.24, 2.45) is 0 Å². The van der Waals surface area contributed by atoms with Crippen molar-refractivity contribution in [1.82, 2.24) is 30.0 Å². The lowest BCUT2D eigenvalue weighted by atomic mass is 9.90. The number of hydrogen-bond acceptors (Lipinski definition) is 7. The summed E-state index contributed by atoms with van der Waals surface area (Å²) in [4.78, 5) is 32.1. The van der Waals surface area contributed by atoms with E-state index in [9.17, 15) is 4.79 Å². The van der Waals surface area contributed by atoms with Gasteiger partial charge in [0, 0.05) is 61.8 Å². The molecule has 0 spiro atoms. The lowest BCUT2D eigenvalue weighted by Gasteiger charge is -2.17. The van der Waals surface area contributed by atoms with Crippen molar-refractivity contribution in [3.05, 3.63) is 90.1 Å². The van der Waals surface area contributed by atoms with E-state index in [4.69, 9.17) is 4.52 Å². The maximum atomic E-state index is 13.2. The van der Waals surface area contributed by atoms with E-state index in [-0.39, 0.29) is 17.7 Å².